The second-order valence-corrected chi connectivity index (χ2v) is 9.69. The van der Waals surface area contributed by atoms with Gasteiger partial charge in [0.25, 0.3) is 5.91 Å². The van der Waals surface area contributed by atoms with Crippen LogP contribution in [0.1, 0.15) is 36.9 Å². The quantitative estimate of drug-likeness (QED) is 0.596. The van der Waals surface area contributed by atoms with Crippen LogP contribution in [0.15, 0.2) is 48.7 Å². The van der Waals surface area contributed by atoms with Crippen LogP contribution in [0.4, 0.5) is 4.79 Å². The maximum absolute atomic E-state index is 13.9. The molecular weight excluding hydrogens is 460 g/mol. The van der Waals surface area contributed by atoms with Crippen LogP contribution in [-0.4, -0.2) is 72.1 Å². The van der Waals surface area contributed by atoms with Gasteiger partial charge in [-0.25, -0.2) is 4.79 Å². The highest BCUT2D eigenvalue weighted by atomic mass is 16.5. The first-order valence-corrected chi connectivity index (χ1v) is 12.6. The summed E-state index contributed by atoms with van der Waals surface area (Å²) in [6, 6.07) is 12.5. The van der Waals surface area contributed by atoms with Gasteiger partial charge in [-0.2, -0.15) is 0 Å². The number of pyridine rings is 1. The number of carbonyl (C=O) groups excluding carboxylic acids is 3. The van der Waals surface area contributed by atoms with Crippen LogP contribution in [0.5, 0.6) is 5.75 Å². The van der Waals surface area contributed by atoms with Gasteiger partial charge in [-0.05, 0) is 55.5 Å². The second kappa shape index (κ2) is 10.3. The third kappa shape index (κ3) is 4.55. The predicted molar refractivity (Wildman–Crippen MR) is 131 cm³/mol. The van der Waals surface area contributed by atoms with E-state index in [-0.39, 0.29) is 36.8 Å². The normalized spacial score (nSPS) is 24.8. The summed E-state index contributed by atoms with van der Waals surface area (Å²) in [6.45, 7) is 1.92. The number of carbonyl (C=O) groups is 3. The molecular formula is C27H32N4O5. The van der Waals surface area contributed by atoms with Crippen molar-refractivity contribution >= 4 is 17.8 Å². The van der Waals surface area contributed by atoms with Crippen molar-refractivity contribution in [3.8, 4) is 5.75 Å². The van der Waals surface area contributed by atoms with Gasteiger partial charge in [0.05, 0.1) is 31.9 Å². The molecule has 0 spiro atoms. The molecule has 5 rings (SSSR count). The number of nitrogens with one attached hydrogen (secondary N) is 1. The molecule has 1 aromatic heterocycles. The fourth-order valence-corrected chi connectivity index (χ4v) is 5.64. The number of rotatable bonds is 7. The lowest BCUT2D eigenvalue weighted by molar-refractivity contribution is -0.137. The Morgan fingerprint density at radius 3 is 2.69 bits per heavy atom. The summed E-state index contributed by atoms with van der Waals surface area (Å²) in [5.41, 5.74) is 0.201. The van der Waals surface area contributed by atoms with E-state index in [0.29, 0.717) is 38.2 Å². The predicted octanol–water partition coefficient (Wildman–Crippen LogP) is 2.50. The zero-order valence-electron chi connectivity index (χ0n) is 20.5. The minimum atomic E-state index is -1.24. The monoisotopic (exact) mass is 492 g/mol. The molecule has 0 radical (unpaired) electrons. The molecule has 190 valence electrons. The molecule has 1 N–H and O–H groups in total. The van der Waals surface area contributed by atoms with Crippen molar-refractivity contribution in [2.75, 3.05) is 33.4 Å². The number of urea groups is 1. The van der Waals surface area contributed by atoms with E-state index in [0.717, 1.165) is 24.2 Å². The SMILES string of the molecule is COc1cccc(CC(=O)N2CCC([C@]3(c4ccccn4)NC(=O)N(C[C@H]4CCCO4)C3=O)CC2)c1. The number of nitrogens with zero attached hydrogens (tertiary/aromatic N) is 3. The largest absolute Gasteiger partial charge is 0.497 e. The Morgan fingerprint density at radius 2 is 2.00 bits per heavy atom. The molecule has 3 fully saturated rings. The molecule has 0 saturated carbocycles. The van der Waals surface area contributed by atoms with Crippen molar-refractivity contribution in [3.05, 3.63) is 59.9 Å². The number of imide groups is 1. The van der Waals surface area contributed by atoms with Gasteiger partial charge in [0.2, 0.25) is 5.91 Å². The lowest BCUT2D eigenvalue weighted by Gasteiger charge is -2.40. The average Bonchev–Trinajstić information content (AvgIpc) is 3.52. The molecule has 0 aliphatic carbocycles. The molecule has 3 aliphatic heterocycles. The first-order chi connectivity index (χ1) is 17.5. The molecule has 36 heavy (non-hydrogen) atoms. The molecule has 2 atom stereocenters. The van der Waals surface area contributed by atoms with Crippen LogP contribution in [0, 0.1) is 5.92 Å². The highest BCUT2D eigenvalue weighted by molar-refractivity contribution is 6.07. The van der Waals surface area contributed by atoms with Crippen molar-refractivity contribution in [2.45, 2.75) is 43.7 Å². The van der Waals surface area contributed by atoms with Crippen molar-refractivity contribution in [3.63, 3.8) is 0 Å². The number of hydrogen-bond donors (Lipinski definition) is 1. The van der Waals surface area contributed by atoms with E-state index in [1.165, 1.54) is 4.90 Å². The number of ether oxygens (including phenoxy) is 2. The van der Waals surface area contributed by atoms with Crippen molar-refractivity contribution in [1.29, 1.82) is 0 Å². The Balaban J connectivity index is 1.32. The van der Waals surface area contributed by atoms with Gasteiger partial charge in [-0.1, -0.05) is 18.2 Å². The molecule has 2 aromatic rings. The van der Waals surface area contributed by atoms with Crippen LogP contribution in [0.25, 0.3) is 0 Å². The Kier molecular flexibility index (Phi) is 6.91. The molecule has 4 amide bonds. The van der Waals surface area contributed by atoms with Crippen molar-refractivity contribution < 1.29 is 23.9 Å². The minimum Gasteiger partial charge on any atom is -0.497 e. The van der Waals surface area contributed by atoms with Crippen LogP contribution in [0.3, 0.4) is 0 Å². The average molecular weight is 493 g/mol. The van der Waals surface area contributed by atoms with Gasteiger partial charge in [-0.15, -0.1) is 0 Å². The maximum Gasteiger partial charge on any atom is 0.325 e. The lowest BCUT2D eigenvalue weighted by Crippen LogP contribution is -2.55. The van der Waals surface area contributed by atoms with E-state index in [2.05, 4.69) is 10.3 Å². The van der Waals surface area contributed by atoms with Crippen molar-refractivity contribution in [1.82, 2.24) is 20.1 Å². The van der Waals surface area contributed by atoms with E-state index in [9.17, 15) is 14.4 Å². The van der Waals surface area contributed by atoms with E-state index < -0.39 is 11.6 Å². The smallest absolute Gasteiger partial charge is 0.325 e. The van der Waals surface area contributed by atoms with E-state index in [1.807, 2.05) is 35.2 Å². The Hall–Kier alpha value is -3.46. The third-order valence-corrected chi connectivity index (χ3v) is 7.56. The molecule has 0 bridgehead atoms. The summed E-state index contributed by atoms with van der Waals surface area (Å²) in [4.78, 5) is 47.6. The fourth-order valence-electron chi connectivity index (χ4n) is 5.64. The number of benzene rings is 1. The first-order valence-electron chi connectivity index (χ1n) is 12.6. The van der Waals surface area contributed by atoms with E-state index in [4.69, 9.17) is 9.47 Å². The maximum atomic E-state index is 13.9. The molecule has 3 saturated heterocycles. The summed E-state index contributed by atoms with van der Waals surface area (Å²) in [6.07, 6.45) is 4.74. The molecule has 3 aliphatic rings. The van der Waals surface area contributed by atoms with Crippen LogP contribution < -0.4 is 10.1 Å². The van der Waals surface area contributed by atoms with Gasteiger partial charge in [0.15, 0.2) is 5.54 Å². The fraction of sp³-hybridized carbons (Fsp3) is 0.481. The molecule has 4 heterocycles. The number of piperidine rings is 1. The number of amides is 4. The Morgan fingerprint density at radius 1 is 1.17 bits per heavy atom. The van der Waals surface area contributed by atoms with Crippen LogP contribution in [-0.2, 0) is 26.3 Å². The second-order valence-electron chi connectivity index (χ2n) is 9.69. The lowest BCUT2D eigenvalue weighted by atomic mass is 9.75. The van der Waals surface area contributed by atoms with Gasteiger partial charge < -0.3 is 19.7 Å². The summed E-state index contributed by atoms with van der Waals surface area (Å²) < 4.78 is 11.0. The Bertz CT molecular complexity index is 1110. The summed E-state index contributed by atoms with van der Waals surface area (Å²) in [7, 11) is 1.61. The van der Waals surface area contributed by atoms with Crippen molar-refractivity contribution in [2.24, 2.45) is 5.92 Å². The summed E-state index contributed by atoms with van der Waals surface area (Å²) >= 11 is 0. The standard InChI is InChI=1S/C27H32N4O5/c1-35-21-7-4-6-19(16-21)17-24(32)30-13-10-20(11-14-30)27(23-9-2-3-12-28-23)25(33)31(26(34)29-27)18-22-8-5-15-36-22/h2-4,6-7,9,12,16,20,22H,5,8,10-11,13-15,17-18H2,1H3,(H,29,34)/t22-,27-/m1/s1. The number of hydrogen-bond acceptors (Lipinski definition) is 6. The highest BCUT2D eigenvalue weighted by Crippen LogP contribution is 2.41. The topological polar surface area (TPSA) is 101 Å². The van der Waals surface area contributed by atoms with Gasteiger partial charge in [-0.3, -0.25) is 19.5 Å². The highest BCUT2D eigenvalue weighted by Gasteiger charge is 2.58. The number of methoxy groups -OCH3 is 1. The molecule has 9 heteroatoms. The first kappa shape index (κ1) is 24.2. The van der Waals surface area contributed by atoms with E-state index >= 15 is 0 Å². The molecule has 0 unspecified atom stereocenters. The summed E-state index contributed by atoms with van der Waals surface area (Å²) in [5, 5.41) is 3.03. The third-order valence-electron chi connectivity index (χ3n) is 7.56. The minimum absolute atomic E-state index is 0.0374. The van der Waals surface area contributed by atoms with Crippen LogP contribution in [0.2, 0.25) is 0 Å². The van der Waals surface area contributed by atoms with Gasteiger partial charge >= 0.3 is 6.03 Å². The molecule has 9 nitrogen and oxygen atoms in total. The number of likely N-dealkylation sites (tertiary alicyclic amines) is 1. The van der Waals surface area contributed by atoms with Gasteiger partial charge in [0, 0.05) is 31.8 Å². The summed E-state index contributed by atoms with van der Waals surface area (Å²) in [5.74, 6) is 0.303. The Labute approximate surface area is 210 Å². The molecule has 1 aromatic carbocycles. The zero-order valence-corrected chi connectivity index (χ0v) is 20.5. The zero-order chi connectivity index (χ0) is 25.1. The van der Waals surface area contributed by atoms with Gasteiger partial charge in [0.1, 0.15) is 5.75 Å². The van der Waals surface area contributed by atoms with E-state index in [1.54, 1.807) is 25.4 Å². The number of aromatic nitrogens is 1. The van der Waals surface area contributed by atoms with Crippen LogP contribution >= 0.6 is 0 Å².